The van der Waals surface area contributed by atoms with E-state index in [1.54, 1.807) is 18.2 Å². The van der Waals surface area contributed by atoms with E-state index in [4.69, 9.17) is 5.11 Å². The average Bonchev–Trinajstić information content (AvgIpc) is 3.07. The zero-order valence-corrected chi connectivity index (χ0v) is 12.9. The summed E-state index contributed by atoms with van der Waals surface area (Å²) in [6.07, 6.45) is 3.06. The molecule has 4 nitrogen and oxygen atoms in total. The average molecular weight is 347 g/mol. The lowest BCUT2D eigenvalue weighted by Crippen LogP contribution is -2.13. The number of sulfone groups is 1. The number of carboxylic acids is 1. The molecule has 0 spiro atoms. The van der Waals surface area contributed by atoms with Crippen molar-refractivity contribution in [1.82, 2.24) is 0 Å². The highest BCUT2D eigenvalue weighted by Gasteiger charge is 2.36. The van der Waals surface area contributed by atoms with E-state index < -0.39 is 15.8 Å². The molecule has 0 radical (unpaired) electrons. The van der Waals surface area contributed by atoms with Gasteiger partial charge in [0.1, 0.15) is 0 Å². The third-order valence-electron chi connectivity index (χ3n) is 3.36. The van der Waals surface area contributed by atoms with Gasteiger partial charge in [-0.05, 0) is 48.4 Å². The minimum atomic E-state index is -3.35. The van der Waals surface area contributed by atoms with Crippen LogP contribution in [0.3, 0.4) is 0 Å². The lowest BCUT2D eigenvalue weighted by Gasteiger charge is -2.18. The van der Waals surface area contributed by atoms with Crippen LogP contribution >= 0.6 is 15.9 Å². The van der Waals surface area contributed by atoms with Gasteiger partial charge in [-0.15, -0.1) is 0 Å². The molecular formula is C13H15BrO4S. The van der Waals surface area contributed by atoms with Crippen LogP contribution in [0.15, 0.2) is 27.6 Å². The van der Waals surface area contributed by atoms with Crippen LogP contribution < -0.4 is 0 Å². The summed E-state index contributed by atoms with van der Waals surface area (Å²) in [7, 11) is -3.35. The van der Waals surface area contributed by atoms with Gasteiger partial charge in [0.25, 0.3) is 0 Å². The highest BCUT2D eigenvalue weighted by molar-refractivity contribution is 9.10. The maximum absolute atomic E-state index is 11.8. The van der Waals surface area contributed by atoms with E-state index in [1.807, 2.05) is 0 Å². The highest BCUT2D eigenvalue weighted by atomic mass is 79.9. The third-order valence-corrected chi connectivity index (χ3v) is 5.02. The van der Waals surface area contributed by atoms with Crippen LogP contribution in [-0.4, -0.2) is 25.7 Å². The molecular weight excluding hydrogens is 332 g/mol. The summed E-state index contributed by atoms with van der Waals surface area (Å²) in [6, 6.07) is 4.96. The number of carboxylic acid groups (broad SMARTS) is 1. The number of carbonyl (C=O) groups is 1. The Morgan fingerprint density at radius 1 is 1.47 bits per heavy atom. The molecule has 1 unspecified atom stereocenters. The van der Waals surface area contributed by atoms with Crippen LogP contribution in [-0.2, 0) is 14.6 Å². The van der Waals surface area contributed by atoms with Gasteiger partial charge in [0.2, 0.25) is 0 Å². The van der Waals surface area contributed by atoms with Gasteiger partial charge in [0.15, 0.2) is 9.84 Å². The summed E-state index contributed by atoms with van der Waals surface area (Å²) in [4.78, 5) is 11.2. The minimum absolute atomic E-state index is 0.0242. The van der Waals surface area contributed by atoms with Gasteiger partial charge in [-0.1, -0.05) is 15.9 Å². The molecule has 104 valence electrons. The van der Waals surface area contributed by atoms with Crippen LogP contribution in [0.25, 0.3) is 0 Å². The van der Waals surface area contributed by atoms with Crippen molar-refractivity contribution in [3.05, 3.63) is 28.2 Å². The molecule has 1 aromatic carbocycles. The number of rotatable bonds is 5. The minimum Gasteiger partial charge on any atom is -0.481 e. The Labute approximate surface area is 120 Å². The van der Waals surface area contributed by atoms with E-state index in [-0.39, 0.29) is 23.2 Å². The van der Waals surface area contributed by atoms with Crippen LogP contribution in [0.2, 0.25) is 0 Å². The zero-order valence-electron chi connectivity index (χ0n) is 10.5. The molecule has 1 N–H and O–H groups in total. The normalized spacial score (nSPS) is 17.2. The smallest absolute Gasteiger partial charge is 0.303 e. The topological polar surface area (TPSA) is 71.4 Å². The molecule has 1 saturated carbocycles. The molecule has 0 aliphatic heterocycles. The number of aliphatic carboxylic acids is 1. The second-order valence-corrected chi connectivity index (χ2v) is 7.90. The molecule has 6 heteroatoms. The molecule has 2 rings (SSSR count). The van der Waals surface area contributed by atoms with Crippen molar-refractivity contribution < 1.29 is 18.3 Å². The van der Waals surface area contributed by atoms with Crippen molar-refractivity contribution in [1.29, 1.82) is 0 Å². The van der Waals surface area contributed by atoms with E-state index in [2.05, 4.69) is 15.9 Å². The van der Waals surface area contributed by atoms with Crippen LogP contribution in [0, 0.1) is 5.92 Å². The van der Waals surface area contributed by atoms with Crippen molar-refractivity contribution in [3.8, 4) is 0 Å². The van der Waals surface area contributed by atoms with E-state index >= 15 is 0 Å². The number of hydrogen-bond acceptors (Lipinski definition) is 3. The molecule has 0 amide bonds. The van der Waals surface area contributed by atoms with Gasteiger partial charge in [-0.3, -0.25) is 4.79 Å². The Bertz CT molecular complexity index is 605. The van der Waals surface area contributed by atoms with E-state index in [9.17, 15) is 13.2 Å². The summed E-state index contributed by atoms with van der Waals surface area (Å²) in [6.45, 7) is 0. The predicted octanol–water partition coefficient (Wildman–Crippen LogP) is 2.82. The van der Waals surface area contributed by atoms with Crippen LogP contribution in [0.1, 0.15) is 30.7 Å². The summed E-state index contributed by atoms with van der Waals surface area (Å²) in [5.74, 6) is -0.832. The zero-order chi connectivity index (χ0) is 14.2. The number of halogens is 1. The second kappa shape index (κ2) is 5.25. The maximum atomic E-state index is 11.8. The molecule has 0 saturated heterocycles. The van der Waals surface area contributed by atoms with Gasteiger partial charge in [0, 0.05) is 10.7 Å². The van der Waals surface area contributed by atoms with E-state index in [0.29, 0.717) is 5.56 Å². The molecule has 1 aromatic rings. The van der Waals surface area contributed by atoms with Gasteiger partial charge in [-0.25, -0.2) is 8.42 Å². The molecule has 0 bridgehead atoms. The van der Waals surface area contributed by atoms with Gasteiger partial charge < -0.3 is 5.11 Å². The Kier molecular flexibility index (Phi) is 4.01. The highest BCUT2D eigenvalue weighted by Crippen LogP contribution is 2.46. The van der Waals surface area contributed by atoms with Crippen molar-refractivity contribution in [2.24, 2.45) is 5.92 Å². The van der Waals surface area contributed by atoms with Crippen molar-refractivity contribution in [2.45, 2.75) is 30.1 Å². The van der Waals surface area contributed by atoms with E-state index in [1.165, 1.54) is 0 Å². The first kappa shape index (κ1) is 14.5. The fourth-order valence-electron chi connectivity index (χ4n) is 2.36. The second-order valence-electron chi connectivity index (χ2n) is 5.00. The Balaban J connectivity index is 2.51. The third kappa shape index (κ3) is 3.57. The molecule has 19 heavy (non-hydrogen) atoms. The summed E-state index contributed by atoms with van der Waals surface area (Å²) < 4.78 is 24.4. The van der Waals surface area contributed by atoms with Gasteiger partial charge >= 0.3 is 5.97 Å². The van der Waals surface area contributed by atoms with E-state index in [0.717, 1.165) is 23.6 Å². The molecule has 1 aliphatic rings. The summed E-state index contributed by atoms with van der Waals surface area (Å²) >= 11 is 3.32. The van der Waals surface area contributed by atoms with Crippen LogP contribution in [0.4, 0.5) is 0 Å². The Morgan fingerprint density at radius 3 is 2.58 bits per heavy atom. The molecule has 1 aliphatic carbocycles. The van der Waals surface area contributed by atoms with Crippen molar-refractivity contribution in [2.75, 3.05) is 6.26 Å². The predicted molar refractivity (Wildman–Crippen MR) is 75.0 cm³/mol. The van der Waals surface area contributed by atoms with Crippen LogP contribution in [0.5, 0.6) is 0 Å². The lowest BCUT2D eigenvalue weighted by atomic mass is 9.91. The van der Waals surface area contributed by atoms with Crippen molar-refractivity contribution >= 4 is 31.7 Å². The first-order valence-electron chi connectivity index (χ1n) is 6.00. The summed E-state index contributed by atoms with van der Waals surface area (Å²) in [5.41, 5.74) is 0.627. The fourth-order valence-corrected chi connectivity index (χ4v) is 3.70. The largest absolute Gasteiger partial charge is 0.481 e. The Hall–Kier alpha value is -0.880. The Morgan fingerprint density at radius 2 is 2.11 bits per heavy atom. The SMILES string of the molecule is CS(=O)(=O)c1ccc(Br)cc1C(CC(=O)O)C1CC1. The first-order valence-corrected chi connectivity index (χ1v) is 8.69. The fraction of sp³-hybridized carbons (Fsp3) is 0.462. The van der Waals surface area contributed by atoms with Gasteiger partial charge in [-0.2, -0.15) is 0 Å². The number of hydrogen-bond donors (Lipinski definition) is 1. The molecule has 1 atom stereocenters. The maximum Gasteiger partial charge on any atom is 0.303 e. The summed E-state index contributed by atoms with van der Waals surface area (Å²) in [5, 5.41) is 9.02. The monoisotopic (exact) mass is 346 g/mol. The first-order chi connectivity index (χ1) is 8.79. The lowest BCUT2D eigenvalue weighted by molar-refractivity contribution is -0.137. The van der Waals surface area contributed by atoms with Gasteiger partial charge in [0.05, 0.1) is 11.3 Å². The molecule has 1 fully saturated rings. The molecule has 0 aromatic heterocycles. The standard InChI is InChI=1S/C13H15BrO4S/c1-19(17,18)12-5-4-9(14)6-11(12)10(7-13(15)16)8-2-3-8/h4-6,8,10H,2-3,7H2,1H3,(H,15,16). The quantitative estimate of drug-likeness (QED) is 0.889. The molecule has 0 heterocycles. The number of benzene rings is 1. The van der Waals surface area contributed by atoms with Crippen molar-refractivity contribution in [3.63, 3.8) is 0 Å².